The van der Waals surface area contributed by atoms with Crippen molar-refractivity contribution in [1.29, 1.82) is 0 Å². The number of nitrogens with one attached hydrogen (secondary N) is 1. The minimum absolute atomic E-state index is 0.296. The minimum atomic E-state index is -0.296. The monoisotopic (exact) mass is 299 g/mol. The Morgan fingerprint density at radius 3 is 2.81 bits per heavy atom. The fraction of sp³-hybridized carbons (Fsp3) is 0.118. The zero-order valence-electron chi connectivity index (χ0n) is 11.5. The van der Waals surface area contributed by atoms with Gasteiger partial charge in [0.25, 0.3) is 5.91 Å². The summed E-state index contributed by atoms with van der Waals surface area (Å²) in [5.74, 6) is 5.94. The van der Waals surface area contributed by atoms with E-state index >= 15 is 0 Å². The van der Waals surface area contributed by atoms with Gasteiger partial charge < -0.3 is 10.1 Å². The van der Waals surface area contributed by atoms with Gasteiger partial charge in [-0.2, -0.15) is 0 Å². The molecular formula is C17H14ClNO2. The van der Waals surface area contributed by atoms with Crippen LogP contribution in [0.2, 0.25) is 5.02 Å². The molecule has 2 rings (SSSR count). The second-order valence-electron chi connectivity index (χ2n) is 4.24. The SMILES string of the molecule is CC#CC(=O)NCc1cccc(Oc2ccccc2Cl)c1. The number of hydrogen-bond acceptors (Lipinski definition) is 2. The summed E-state index contributed by atoms with van der Waals surface area (Å²) in [6, 6.07) is 14.7. The van der Waals surface area contributed by atoms with Crippen molar-refractivity contribution in [2.75, 3.05) is 0 Å². The van der Waals surface area contributed by atoms with Crippen molar-refractivity contribution in [3.8, 4) is 23.3 Å². The molecule has 106 valence electrons. The lowest BCUT2D eigenvalue weighted by Crippen LogP contribution is -2.20. The largest absolute Gasteiger partial charge is 0.456 e. The number of carbonyl (C=O) groups is 1. The molecule has 0 heterocycles. The molecule has 2 aromatic rings. The van der Waals surface area contributed by atoms with Crippen LogP contribution in [0.15, 0.2) is 48.5 Å². The molecule has 0 aliphatic rings. The molecule has 0 saturated carbocycles. The van der Waals surface area contributed by atoms with Crippen molar-refractivity contribution < 1.29 is 9.53 Å². The quantitative estimate of drug-likeness (QED) is 0.873. The highest BCUT2D eigenvalue weighted by Gasteiger charge is 2.03. The highest BCUT2D eigenvalue weighted by molar-refractivity contribution is 6.32. The van der Waals surface area contributed by atoms with Crippen LogP contribution in [-0.2, 0) is 11.3 Å². The molecule has 2 aromatic carbocycles. The molecule has 3 nitrogen and oxygen atoms in total. The van der Waals surface area contributed by atoms with Gasteiger partial charge in [0.05, 0.1) is 5.02 Å². The van der Waals surface area contributed by atoms with Crippen molar-refractivity contribution in [1.82, 2.24) is 5.32 Å². The zero-order valence-corrected chi connectivity index (χ0v) is 12.3. The van der Waals surface area contributed by atoms with Crippen LogP contribution in [-0.4, -0.2) is 5.91 Å². The van der Waals surface area contributed by atoms with E-state index in [4.69, 9.17) is 16.3 Å². The number of ether oxygens (including phenoxy) is 1. The lowest BCUT2D eigenvalue weighted by Gasteiger charge is -2.09. The molecule has 0 saturated heterocycles. The van der Waals surface area contributed by atoms with Crippen LogP contribution in [0.25, 0.3) is 0 Å². The standard InChI is InChI=1S/C17H14ClNO2/c1-2-6-17(20)19-12-13-7-5-8-14(11-13)21-16-10-4-3-9-15(16)18/h3-5,7-11H,12H2,1H3,(H,19,20). The first-order valence-corrected chi connectivity index (χ1v) is 6.79. The summed E-state index contributed by atoms with van der Waals surface area (Å²) in [6.07, 6.45) is 0. The van der Waals surface area contributed by atoms with E-state index in [9.17, 15) is 4.79 Å². The average Bonchev–Trinajstić information content (AvgIpc) is 2.48. The van der Waals surface area contributed by atoms with Crippen LogP contribution in [0.4, 0.5) is 0 Å². The van der Waals surface area contributed by atoms with Crippen LogP contribution >= 0.6 is 11.6 Å². The summed E-state index contributed by atoms with van der Waals surface area (Å²) in [4.78, 5) is 11.3. The molecule has 0 radical (unpaired) electrons. The molecule has 0 unspecified atom stereocenters. The Hall–Kier alpha value is -2.44. The number of amides is 1. The third kappa shape index (κ3) is 4.55. The number of para-hydroxylation sites is 1. The summed E-state index contributed by atoms with van der Waals surface area (Å²) in [6.45, 7) is 2.02. The van der Waals surface area contributed by atoms with Gasteiger partial charge in [0, 0.05) is 6.54 Å². The molecule has 0 bridgehead atoms. The van der Waals surface area contributed by atoms with Crippen LogP contribution in [0.1, 0.15) is 12.5 Å². The molecule has 0 atom stereocenters. The number of benzene rings is 2. The fourth-order valence-electron chi connectivity index (χ4n) is 1.71. The summed E-state index contributed by atoms with van der Waals surface area (Å²) in [5.41, 5.74) is 0.922. The smallest absolute Gasteiger partial charge is 0.296 e. The maximum Gasteiger partial charge on any atom is 0.296 e. The molecule has 21 heavy (non-hydrogen) atoms. The molecule has 1 amide bonds. The topological polar surface area (TPSA) is 38.3 Å². The molecule has 0 fully saturated rings. The normalized spacial score (nSPS) is 9.43. The van der Waals surface area contributed by atoms with E-state index in [1.165, 1.54) is 0 Å². The first kappa shape index (κ1) is 15.0. The van der Waals surface area contributed by atoms with Gasteiger partial charge in [-0.1, -0.05) is 41.8 Å². The molecule has 4 heteroatoms. The molecule has 0 aliphatic carbocycles. The van der Waals surface area contributed by atoms with Crippen molar-refractivity contribution in [2.45, 2.75) is 13.5 Å². The summed E-state index contributed by atoms with van der Waals surface area (Å²) >= 11 is 6.05. The molecule has 0 aromatic heterocycles. The predicted molar refractivity (Wildman–Crippen MR) is 83.3 cm³/mol. The minimum Gasteiger partial charge on any atom is -0.456 e. The van der Waals surface area contributed by atoms with Crippen molar-refractivity contribution >= 4 is 17.5 Å². The summed E-state index contributed by atoms with van der Waals surface area (Å²) in [5, 5.41) is 3.26. The third-order valence-corrected chi connectivity index (χ3v) is 2.97. The van der Waals surface area contributed by atoms with Gasteiger partial charge in [0.1, 0.15) is 11.5 Å². The van der Waals surface area contributed by atoms with E-state index in [0.29, 0.717) is 23.1 Å². The Kier molecular flexibility index (Phi) is 5.25. The van der Waals surface area contributed by atoms with E-state index in [2.05, 4.69) is 17.2 Å². The Morgan fingerprint density at radius 2 is 2.05 bits per heavy atom. The second kappa shape index (κ2) is 7.37. The molecular weight excluding hydrogens is 286 g/mol. The maximum atomic E-state index is 11.3. The van der Waals surface area contributed by atoms with Gasteiger partial charge >= 0.3 is 0 Å². The lowest BCUT2D eigenvalue weighted by atomic mass is 10.2. The van der Waals surface area contributed by atoms with Gasteiger partial charge in [0.2, 0.25) is 0 Å². The van der Waals surface area contributed by atoms with Gasteiger partial charge in [-0.3, -0.25) is 4.79 Å². The molecule has 1 N–H and O–H groups in total. The number of halogens is 1. The second-order valence-corrected chi connectivity index (χ2v) is 4.64. The first-order chi connectivity index (χ1) is 10.2. The van der Waals surface area contributed by atoms with E-state index in [1.54, 1.807) is 19.1 Å². The first-order valence-electron chi connectivity index (χ1n) is 6.41. The summed E-state index contributed by atoms with van der Waals surface area (Å²) < 4.78 is 5.73. The van der Waals surface area contributed by atoms with Crippen molar-refractivity contribution in [3.63, 3.8) is 0 Å². The lowest BCUT2D eigenvalue weighted by molar-refractivity contribution is -0.115. The number of hydrogen-bond donors (Lipinski definition) is 1. The van der Waals surface area contributed by atoms with Crippen molar-refractivity contribution in [3.05, 3.63) is 59.1 Å². The van der Waals surface area contributed by atoms with E-state index in [0.717, 1.165) is 5.56 Å². The van der Waals surface area contributed by atoms with E-state index < -0.39 is 0 Å². The Morgan fingerprint density at radius 1 is 1.24 bits per heavy atom. The van der Waals surface area contributed by atoms with Crippen LogP contribution < -0.4 is 10.1 Å². The Balaban J connectivity index is 2.05. The van der Waals surface area contributed by atoms with Gasteiger partial charge in [-0.15, -0.1) is 0 Å². The zero-order chi connectivity index (χ0) is 15.1. The fourth-order valence-corrected chi connectivity index (χ4v) is 1.89. The molecule has 0 spiro atoms. The maximum absolute atomic E-state index is 11.3. The highest BCUT2D eigenvalue weighted by Crippen LogP contribution is 2.29. The third-order valence-electron chi connectivity index (χ3n) is 2.65. The average molecular weight is 300 g/mol. The van der Waals surface area contributed by atoms with Gasteiger partial charge in [-0.05, 0) is 42.7 Å². The number of carbonyl (C=O) groups excluding carboxylic acids is 1. The van der Waals surface area contributed by atoms with Crippen LogP contribution in [0, 0.1) is 11.8 Å². The van der Waals surface area contributed by atoms with Gasteiger partial charge in [-0.25, -0.2) is 0 Å². The van der Waals surface area contributed by atoms with E-state index in [-0.39, 0.29) is 5.91 Å². The van der Waals surface area contributed by atoms with E-state index in [1.807, 2.05) is 36.4 Å². The summed E-state index contributed by atoms with van der Waals surface area (Å²) in [7, 11) is 0. The predicted octanol–water partition coefficient (Wildman–Crippen LogP) is 3.77. The Bertz CT molecular complexity index is 701. The van der Waals surface area contributed by atoms with Crippen molar-refractivity contribution in [2.24, 2.45) is 0 Å². The number of rotatable bonds is 4. The van der Waals surface area contributed by atoms with Crippen LogP contribution in [0.3, 0.4) is 0 Å². The van der Waals surface area contributed by atoms with Crippen LogP contribution in [0.5, 0.6) is 11.5 Å². The Labute approximate surface area is 128 Å². The highest BCUT2D eigenvalue weighted by atomic mass is 35.5. The molecule has 0 aliphatic heterocycles. The van der Waals surface area contributed by atoms with Gasteiger partial charge in [0.15, 0.2) is 0 Å².